The van der Waals surface area contributed by atoms with E-state index in [1.54, 1.807) is 10.8 Å². The lowest BCUT2D eigenvalue weighted by Gasteiger charge is -2.27. The van der Waals surface area contributed by atoms with Crippen molar-refractivity contribution >= 4 is 33.4 Å². The molecule has 78 heavy (non-hydrogen) atoms. The van der Waals surface area contributed by atoms with E-state index in [1.807, 2.05) is 10.8 Å². The number of morpholine rings is 1. The molecule has 0 saturated carbocycles. The molecule has 0 spiro atoms. The zero-order chi connectivity index (χ0) is 56.8. The third-order valence-electron chi connectivity index (χ3n) is 15.8. The molecule has 0 aromatic heterocycles. The summed E-state index contributed by atoms with van der Waals surface area (Å²) in [6, 6.07) is -0.609. The summed E-state index contributed by atoms with van der Waals surface area (Å²) < 4.78 is 5.50. The fourth-order valence-electron chi connectivity index (χ4n) is 10.8. The van der Waals surface area contributed by atoms with Gasteiger partial charge in [-0.1, -0.05) is 229 Å². The van der Waals surface area contributed by atoms with Crippen LogP contribution in [0.15, 0.2) is 0 Å². The van der Waals surface area contributed by atoms with Gasteiger partial charge in [-0.15, -0.1) is 0 Å². The Morgan fingerprint density at radius 1 is 0.462 bits per heavy atom. The zero-order valence-corrected chi connectivity index (χ0v) is 53.2. The van der Waals surface area contributed by atoms with E-state index in [4.69, 9.17) is 4.74 Å². The van der Waals surface area contributed by atoms with Crippen LogP contribution in [0.4, 0.5) is 0 Å². The van der Waals surface area contributed by atoms with Crippen molar-refractivity contribution in [1.29, 1.82) is 0 Å². The molecule has 1 saturated heterocycles. The molecule has 6 N–H and O–H groups in total. The van der Waals surface area contributed by atoms with Crippen LogP contribution in [0.3, 0.4) is 0 Å². The van der Waals surface area contributed by atoms with Crippen LogP contribution in [-0.4, -0.2) is 168 Å². The predicted molar refractivity (Wildman–Crippen MR) is 337 cm³/mol. The lowest BCUT2D eigenvalue weighted by atomic mass is 10.0. The van der Waals surface area contributed by atoms with Gasteiger partial charge in [0.25, 0.3) is 0 Å². The Morgan fingerprint density at radius 3 is 1.27 bits per heavy atom. The summed E-state index contributed by atoms with van der Waals surface area (Å²) in [4.78, 5) is 34.2. The largest absolute Gasteiger partial charge is 0.392 e. The van der Waals surface area contributed by atoms with Crippen LogP contribution in [0.1, 0.15) is 278 Å². The maximum Gasteiger partial charge on any atom is 0.242 e. The summed E-state index contributed by atoms with van der Waals surface area (Å²) >= 11 is 0. The number of rotatable bonds is 60. The van der Waals surface area contributed by atoms with E-state index in [1.165, 1.54) is 141 Å². The second-order valence-corrected chi connectivity index (χ2v) is 26.3. The molecule has 1 aliphatic heterocycles. The molecule has 0 aromatic rings. The highest BCUT2D eigenvalue weighted by Crippen LogP contribution is 2.24. The Balaban J connectivity index is 2.78. The Morgan fingerprint density at radius 2 is 0.846 bits per heavy atom. The van der Waals surface area contributed by atoms with E-state index >= 15 is 0 Å². The lowest BCUT2D eigenvalue weighted by molar-refractivity contribution is -0.129. The van der Waals surface area contributed by atoms with E-state index < -0.39 is 18.2 Å². The van der Waals surface area contributed by atoms with Gasteiger partial charge < -0.3 is 35.8 Å². The highest BCUT2D eigenvalue weighted by molar-refractivity contribution is 8.76. The molecule has 0 aliphatic carbocycles. The van der Waals surface area contributed by atoms with Crippen molar-refractivity contribution in [2.45, 2.75) is 309 Å². The van der Waals surface area contributed by atoms with Crippen molar-refractivity contribution in [1.82, 2.24) is 25.3 Å². The van der Waals surface area contributed by atoms with Crippen molar-refractivity contribution in [3.63, 3.8) is 0 Å². The molecule has 0 bridgehead atoms. The second kappa shape index (κ2) is 56.8. The first kappa shape index (κ1) is 75.3. The predicted octanol–water partition coefficient (Wildman–Crippen LogP) is 13.6. The molecule has 1 rings (SSSR count). The van der Waals surface area contributed by atoms with E-state index in [9.17, 15) is 30.0 Å². The minimum Gasteiger partial charge on any atom is -0.392 e. The normalized spacial score (nSPS) is 15.3. The third-order valence-corrected chi connectivity index (χ3v) is 18.3. The molecular formula is C64H129N5O7S2. The molecule has 464 valence electrons. The Kier molecular flexibility index (Phi) is 54.8. The number of carbonyl (C=O) groups excluding carboxylic acids is 2. The fraction of sp³-hybridized carbons (Fsp3) is 0.969. The number of hydrogen-bond acceptors (Lipinski definition) is 12. The van der Waals surface area contributed by atoms with E-state index in [-0.39, 0.29) is 30.4 Å². The van der Waals surface area contributed by atoms with E-state index in [0.717, 1.165) is 141 Å². The molecule has 2 amide bonds. The van der Waals surface area contributed by atoms with Crippen LogP contribution in [0.5, 0.6) is 0 Å². The number of nitrogens with zero attached hydrogens (tertiary/aromatic N) is 3. The quantitative estimate of drug-likeness (QED) is 0.0253. The number of nitrogens with one attached hydrogen (secondary N) is 2. The summed E-state index contributed by atoms with van der Waals surface area (Å²) in [5.41, 5.74) is 0. The zero-order valence-electron chi connectivity index (χ0n) is 51.5. The van der Waals surface area contributed by atoms with Crippen LogP contribution >= 0.6 is 21.6 Å². The van der Waals surface area contributed by atoms with Crippen molar-refractivity contribution in [2.75, 3.05) is 90.2 Å². The molecule has 12 nitrogen and oxygen atoms in total. The first-order chi connectivity index (χ1) is 38.1. The van der Waals surface area contributed by atoms with Gasteiger partial charge in [-0.05, 0) is 83.8 Å². The monoisotopic (exact) mass is 1140 g/mol. The number of aliphatic hydroxyl groups is 4. The SMILES string of the molecule is CCCCCCCCCCC(O)CN(CCCC(=O)NC(CCSSCCCCN(CC(O)CCCCCCCC)CC(O)CCCCCCCC)C(=O)NCCCCN1CCOCC1)CC(O)CCCCCCCCCC. The number of amides is 2. The average Bonchev–Trinajstić information content (AvgIpc) is 3.42. The van der Waals surface area contributed by atoms with Crippen molar-refractivity contribution < 1.29 is 34.8 Å². The standard InChI is InChI=1S/C64H129N5O7S2/c1-5-9-13-17-21-23-27-31-40-60(72)56-69(57-61(73)41-32-28-24-22-18-14-10-6-2)47-37-42-63(74)66-62(64(75)65-44-33-34-45-67-48-50-76-51-49-67)43-53-78-77-52-36-35-46-68(54-58(70)38-29-25-19-15-11-7-3)55-59(71)39-30-26-20-16-12-8-4/h58-62,70-73H,5-57H2,1-4H3,(H,65,75)(H,66,74). The van der Waals surface area contributed by atoms with Crippen molar-refractivity contribution in [2.24, 2.45) is 0 Å². The average molecular weight is 1140 g/mol. The van der Waals surface area contributed by atoms with Gasteiger partial charge >= 0.3 is 0 Å². The summed E-state index contributed by atoms with van der Waals surface area (Å²) in [7, 11) is 3.59. The summed E-state index contributed by atoms with van der Waals surface area (Å²) in [5, 5.41) is 50.6. The van der Waals surface area contributed by atoms with Gasteiger partial charge in [0.1, 0.15) is 6.04 Å². The topological polar surface area (TPSA) is 158 Å². The number of carbonyl (C=O) groups is 2. The molecule has 5 unspecified atom stereocenters. The minimum atomic E-state index is -0.609. The molecule has 1 fully saturated rings. The second-order valence-electron chi connectivity index (χ2n) is 23.6. The summed E-state index contributed by atoms with van der Waals surface area (Å²) in [6.07, 6.45) is 41.1. The van der Waals surface area contributed by atoms with Crippen LogP contribution in [-0.2, 0) is 14.3 Å². The number of unbranched alkanes of at least 4 members (excludes halogenated alkanes) is 26. The number of aliphatic hydroxyl groups excluding tert-OH is 4. The molecule has 5 atom stereocenters. The van der Waals surface area contributed by atoms with E-state index in [0.29, 0.717) is 52.1 Å². The molecule has 0 radical (unpaired) electrons. The maximum atomic E-state index is 13.7. The van der Waals surface area contributed by atoms with Gasteiger partial charge in [-0.25, -0.2) is 0 Å². The van der Waals surface area contributed by atoms with Gasteiger partial charge in [-0.2, -0.15) is 0 Å². The smallest absolute Gasteiger partial charge is 0.242 e. The van der Waals surface area contributed by atoms with Crippen LogP contribution in [0.25, 0.3) is 0 Å². The van der Waals surface area contributed by atoms with Gasteiger partial charge in [0.15, 0.2) is 0 Å². The van der Waals surface area contributed by atoms with Gasteiger partial charge in [0.2, 0.25) is 11.8 Å². The number of hydrogen-bond donors (Lipinski definition) is 6. The highest BCUT2D eigenvalue weighted by atomic mass is 33.1. The highest BCUT2D eigenvalue weighted by Gasteiger charge is 2.22. The Labute approximate surface area is 489 Å². The van der Waals surface area contributed by atoms with Gasteiger partial charge in [0.05, 0.1) is 37.6 Å². The van der Waals surface area contributed by atoms with Crippen LogP contribution < -0.4 is 10.6 Å². The molecule has 0 aromatic carbocycles. The molecule has 14 heteroatoms. The maximum absolute atomic E-state index is 13.7. The first-order valence-corrected chi connectivity index (χ1v) is 35.9. The Bertz CT molecular complexity index is 1240. The van der Waals surface area contributed by atoms with E-state index in [2.05, 4.69) is 53.0 Å². The third kappa shape index (κ3) is 48.8. The summed E-state index contributed by atoms with van der Waals surface area (Å²) in [5.74, 6) is 1.47. The van der Waals surface area contributed by atoms with Crippen LogP contribution in [0.2, 0.25) is 0 Å². The fourth-order valence-corrected chi connectivity index (χ4v) is 13.1. The lowest BCUT2D eigenvalue weighted by Crippen LogP contribution is -2.47. The molecule has 1 heterocycles. The minimum absolute atomic E-state index is 0.118. The van der Waals surface area contributed by atoms with Gasteiger partial charge in [-0.3, -0.25) is 24.3 Å². The first-order valence-electron chi connectivity index (χ1n) is 33.4. The van der Waals surface area contributed by atoms with Crippen molar-refractivity contribution in [3.05, 3.63) is 0 Å². The molecule has 1 aliphatic rings. The Hall–Kier alpha value is -0.680. The van der Waals surface area contributed by atoms with Crippen molar-refractivity contribution in [3.8, 4) is 0 Å². The number of ether oxygens (including phenoxy) is 1. The van der Waals surface area contributed by atoms with Gasteiger partial charge in [0, 0.05) is 63.7 Å². The molecular weight excluding hydrogens is 1010 g/mol. The van der Waals surface area contributed by atoms with Crippen LogP contribution in [0, 0.1) is 0 Å². The summed E-state index contributed by atoms with van der Waals surface area (Å²) in [6.45, 7) is 17.8.